The van der Waals surface area contributed by atoms with Gasteiger partial charge >= 0.3 is 0 Å². The van der Waals surface area contributed by atoms with E-state index in [-0.39, 0.29) is 0 Å². The van der Waals surface area contributed by atoms with E-state index in [4.69, 9.17) is 5.84 Å². The van der Waals surface area contributed by atoms with Crippen molar-refractivity contribution in [1.29, 1.82) is 0 Å². The second-order valence-electron chi connectivity index (χ2n) is 3.91. The fourth-order valence-corrected chi connectivity index (χ4v) is 1.93. The Morgan fingerprint density at radius 3 is 2.56 bits per heavy atom. The third-order valence-electron chi connectivity index (χ3n) is 2.45. The zero-order chi connectivity index (χ0) is 13.1. The highest BCUT2D eigenvalue weighted by Crippen LogP contribution is 2.24. The topological polar surface area (TPSA) is 75.9 Å². The molecule has 0 bridgehead atoms. The summed E-state index contributed by atoms with van der Waals surface area (Å²) in [6.45, 7) is 3.85. The summed E-state index contributed by atoms with van der Waals surface area (Å²) in [5.41, 5.74) is 4.65. The zero-order valence-corrected chi connectivity index (χ0v) is 11.7. The van der Waals surface area contributed by atoms with Gasteiger partial charge in [0.15, 0.2) is 0 Å². The SMILES string of the molecule is Cc1nc(NN)cc(Nc2cc(Br)ccc2C)n1. The molecule has 1 aromatic carbocycles. The van der Waals surface area contributed by atoms with E-state index < -0.39 is 0 Å². The van der Waals surface area contributed by atoms with Crippen LogP contribution in [0.5, 0.6) is 0 Å². The average Bonchev–Trinajstić information content (AvgIpc) is 2.33. The Labute approximate surface area is 114 Å². The van der Waals surface area contributed by atoms with E-state index in [1.165, 1.54) is 0 Å². The molecule has 94 valence electrons. The second kappa shape index (κ2) is 5.32. The van der Waals surface area contributed by atoms with Crippen LogP contribution in [0.25, 0.3) is 0 Å². The maximum atomic E-state index is 5.36. The molecule has 4 N–H and O–H groups in total. The van der Waals surface area contributed by atoms with Gasteiger partial charge in [-0.1, -0.05) is 22.0 Å². The van der Waals surface area contributed by atoms with Crippen LogP contribution in [-0.4, -0.2) is 9.97 Å². The molecule has 2 aromatic rings. The van der Waals surface area contributed by atoms with Crippen LogP contribution >= 0.6 is 15.9 Å². The number of benzene rings is 1. The first kappa shape index (κ1) is 12.8. The van der Waals surface area contributed by atoms with E-state index in [0.717, 1.165) is 15.7 Å². The van der Waals surface area contributed by atoms with Crippen molar-refractivity contribution in [3.8, 4) is 0 Å². The summed E-state index contributed by atoms with van der Waals surface area (Å²) in [4.78, 5) is 8.45. The van der Waals surface area contributed by atoms with E-state index in [1.54, 1.807) is 6.07 Å². The molecule has 1 aromatic heterocycles. The summed E-state index contributed by atoms with van der Waals surface area (Å²) in [7, 11) is 0. The largest absolute Gasteiger partial charge is 0.340 e. The standard InChI is InChI=1S/C12H14BrN5/c1-7-3-4-9(13)5-10(7)17-11-6-12(18-14)16-8(2)15-11/h3-6H,14H2,1-2H3,(H2,15,16,17,18). The van der Waals surface area contributed by atoms with Crippen LogP contribution in [0.15, 0.2) is 28.7 Å². The number of anilines is 3. The number of hydrazine groups is 1. The zero-order valence-electron chi connectivity index (χ0n) is 10.2. The number of nitrogen functional groups attached to an aromatic ring is 1. The summed E-state index contributed by atoms with van der Waals surface area (Å²) in [6.07, 6.45) is 0. The molecular formula is C12H14BrN5. The van der Waals surface area contributed by atoms with Gasteiger partial charge in [0.2, 0.25) is 0 Å². The van der Waals surface area contributed by atoms with Crippen LogP contribution in [0.1, 0.15) is 11.4 Å². The number of rotatable bonds is 3. The van der Waals surface area contributed by atoms with Crippen LogP contribution in [0.3, 0.4) is 0 Å². The summed E-state index contributed by atoms with van der Waals surface area (Å²) >= 11 is 3.45. The normalized spacial score (nSPS) is 10.2. The van der Waals surface area contributed by atoms with Crippen molar-refractivity contribution in [2.75, 3.05) is 10.7 Å². The van der Waals surface area contributed by atoms with Gasteiger partial charge in [-0.05, 0) is 31.5 Å². The third kappa shape index (κ3) is 2.96. The van der Waals surface area contributed by atoms with Crippen molar-refractivity contribution in [1.82, 2.24) is 9.97 Å². The number of hydrogen-bond acceptors (Lipinski definition) is 5. The maximum absolute atomic E-state index is 5.36. The van der Waals surface area contributed by atoms with Gasteiger partial charge in [0, 0.05) is 16.2 Å². The van der Waals surface area contributed by atoms with Gasteiger partial charge in [-0.25, -0.2) is 15.8 Å². The fourth-order valence-electron chi connectivity index (χ4n) is 1.57. The second-order valence-corrected chi connectivity index (χ2v) is 4.83. The maximum Gasteiger partial charge on any atom is 0.145 e. The van der Waals surface area contributed by atoms with Crippen molar-refractivity contribution in [3.05, 3.63) is 40.1 Å². The van der Waals surface area contributed by atoms with Gasteiger partial charge < -0.3 is 10.7 Å². The molecule has 0 aliphatic rings. The Hall–Kier alpha value is -1.66. The smallest absolute Gasteiger partial charge is 0.145 e. The van der Waals surface area contributed by atoms with E-state index in [0.29, 0.717) is 17.5 Å². The highest BCUT2D eigenvalue weighted by molar-refractivity contribution is 9.10. The minimum atomic E-state index is 0.581. The van der Waals surface area contributed by atoms with Crippen molar-refractivity contribution in [2.24, 2.45) is 5.84 Å². The van der Waals surface area contributed by atoms with Gasteiger partial charge in [-0.15, -0.1) is 0 Å². The van der Waals surface area contributed by atoms with Crippen molar-refractivity contribution in [3.63, 3.8) is 0 Å². The number of halogens is 1. The number of nitrogens with zero attached hydrogens (tertiary/aromatic N) is 2. The van der Waals surface area contributed by atoms with Gasteiger partial charge in [-0.2, -0.15) is 0 Å². The van der Waals surface area contributed by atoms with Gasteiger partial charge in [0.25, 0.3) is 0 Å². The molecule has 18 heavy (non-hydrogen) atoms. The molecule has 2 rings (SSSR count). The highest BCUT2D eigenvalue weighted by Gasteiger charge is 2.04. The van der Waals surface area contributed by atoms with Gasteiger partial charge in [0.05, 0.1) is 0 Å². The summed E-state index contributed by atoms with van der Waals surface area (Å²) in [6, 6.07) is 7.79. The number of nitrogens with one attached hydrogen (secondary N) is 2. The quantitative estimate of drug-likeness (QED) is 0.600. The Morgan fingerprint density at radius 2 is 1.83 bits per heavy atom. The van der Waals surface area contributed by atoms with Crippen LogP contribution < -0.4 is 16.6 Å². The first-order valence-electron chi connectivity index (χ1n) is 5.44. The number of nitrogens with two attached hydrogens (primary N) is 1. The minimum absolute atomic E-state index is 0.581. The Kier molecular flexibility index (Phi) is 3.78. The molecule has 0 aliphatic heterocycles. The predicted octanol–water partition coefficient (Wildman–Crippen LogP) is 2.89. The molecule has 0 radical (unpaired) electrons. The molecule has 5 nitrogen and oxygen atoms in total. The Bertz CT molecular complexity index is 570. The predicted molar refractivity (Wildman–Crippen MR) is 76.7 cm³/mol. The molecule has 0 fully saturated rings. The molecule has 0 spiro atoms. The summed E-state index contributed by atoms with van der Waals surface area (Å²) < 4.78 is 1.01. The van der Waals surface area contributed by atoms with Gasteiger partial charge in [0.1, 0.15) is 17.5 Å². The lowest BCUT2D eigenvalue weighted by Crippen LogP contribution is -2.10. The summed E-state index contributed by atoms with van der Waals surface area (Å²) in [5, 5.41) is 3.25. The summed E-state index contributed by atoms with van der Waals surface area (Å²) in [5.74, 6) is 7.30. The van der Waals surface area contributed by atoms with Crippen molar-refractivity contribution >= 4 is 33.3 Å². The lowest BCUT2D eigenvalue weighted by molar-refractivity contribution is 1.05. The van der Waals surface area contributed by atoms with Crippen molar-refractivity contribution in [2.45, 2.75) is 13.8 Å². The molecule has 0 amide bonds. The lowest BCUT2D eigenvalue weighted by Gasteiger charge is -2.11. The number of hydrogen-bond donors (Lipinski definition) is 3. The molecule has 0 saturated heterocycles. The van der Waals surface area contributed by atoms with E-state index in [2.05, 4.69) is 36.6 Å². The number of aryl methyl sites for hydroxylation is 2. The van der Waals surface area contributed by atoms with Crippen LogP contribution in [-0.2, 0) is 0 Å². The first-order chi connectivity index (χ1) is 8.58. The van der Waals surface area contributed by atoms with Crippen LogP contribution in [0.4, 0.5) is 17.3 Å². The third-order valence-corrected chi connectivity index (χ3v) is 2.94. The fraction of sp³-hybridized carbons (Fsp3) is 0.167. The molecule has 0 aliphatic carbocycles. The van der Waals surface area contributed by atoms with Gasteiger partial charge in [-0.3, -0.25) is 0 Å². The lowest BCUT2D eigenvalue weighted by atomic mass is 10.2. The Morgan fingerprint density at radius 1 is 1.11 bits per heavy atom. The average molecular weight is 308 g/mol. The molecule has 0 saturated carbocycles. The van der Waals surface area contributed by atoms with E-state index in [9.17, 15) is 0 Å². The minimum Gasteiger partial charge on any atom is -0.340 e. The number of aromatic nitrogens is 2. The van der Waals surface area contributed by atoms with E-state index >= 15 is 0 Å². The van der Waals surface area contributed by atoms with Crippen LogP contribution in [0, 0.1) is 13.8 Å². The van der Waals surface area contributed by atoms with Crippen molar-refractivity contribution < 1.29 is 0 Å². The Balaban J connectivity index is 2.33. The molecule has 1 heterocycles. The monoisotopic (exact) mass is 307 g/mol. The molecular weight excluding hydrogens is 294 g/mol. The van der Waals surface area contributed by atoms with E-state index in [1.807, 2.05) is 32.0 Å². The molecule has 0 unspecified atom stereocenters. The first-order valence-corrected chi connectivity index (χ1v) is 6.23. The molecule has 6 heteroatoms. The highest BCUT2D eigenvalue weighted by atomic mass is 79.9. The molecule has 0 atom stereocenters. The van der Waals surface area contributed by atoms with Crippen LogP contribution in [0.2, 0.25) is 0 Å².